The monoisotopic (exact) mass is 388 g/mol. The lowest BCUT2D eigenvalue weighted by Crippen LogP contribution is -2.31. The van der Waals surface area contributed by atoms with Gasteiger partial charge in [0.05, 0.1) is 16.6 Å². The van der Waals surface area contributed by atoms with Crippen LogP contribution in [0.15, 0.2) is 65.8 Å². The Bertz CT molecular complexity index is 1200. The van der Waals surface area contributed by atoms with E-state index in [1.165, 1.54) is 4.90 Å². The second-order valence-electron chi connectivity index (χ2n) is 6.58. The Labute approximate surface area is 165 Å². The highest BCUT2D eigenvalue weighted by molar-refractivity contribution is 7.99. The molecule has 0 fully saturated rings. The summed E-state index contributed by atoms with van der Waals surface area (Å²) in [4.78, 5) is 26.2. The van der Waals surface area contributed by atoms with Crippen molar-refractivity contribution in [2.45, 2.75) is 11.6 Å². The standard InChI is InChI=1S/C21H16N4O2S/c26-19-15-7-2-3-8-16(15)20(27)24(19)12-5-13-28-21-23-22-18-11-10-14-6-1-4-9-17(14)25(18)21/h1-4,6-11H,5,12-13H2. The average molecular weight is 388 g/mol. The van der Waals surface area contributed by atoms with Crippen molar-refractivity contribution in [2.75, 3.05) is 12.3 Å². The molecule has 1 aliphatic rings. The zero-order valence-corrected chi connectivity index (χ0v) is 15.7. The molecule has 0 saturated heterocycles. The Morgan fingerprint density at radius 3 is 2.32 bits per heavy atom. The maximum Gasteiger partial charge on any atom is 0.261 e. The number of thioether (sulfide) groups is 1. The Morgan fingerprint density at radius 2 is 1.54 bits per heavy atom. The summed E-state index contributed by atoms with van der Waals surface area (Å²) < 4.78 is 2.04. The number of rotatable bonds is 5. The van der Waals surface area contributed by atoms with Gasteiger partial charge in [-0.1, -0.05) is 42.1 Å². The van der Waals surface area contributed by atoms with Gasteiger partial charge in [0.25, 0.3) is 11.8 Å². The fraction of sp³-hybridized carbons (Fsp3) is 0.143. The van der Waals surface area contributed by atoms with Gasteiger partial charge < -0.3 is 0 Å². The Morgan fingerprint density at radius 1 is 0.821 bits per heavy atom. The summed E-state index contributed by atoms with van der Waals surface area (Å²) in [6, 6.07) is 19.1. The number of benzene rings is 2. The molecular weight excluding hydrogens is 372 g/mol. The number of nitrogens with zero attached hydrogens (tertiary/aromatic N) is 4. The van der Waals surface area contributed by atoms with Crippen LogP contribution in [0.3, 0.4) is 0 Å². The highest BCUT2D eigenvalue weighted by atomic mass is 32.2. The van der Waals surface area contributed by atoms with E-state index in [1.54, 1.807) is 36.0 Å². The first-order valence-electron chi connectivity index (χ1n) is 9.05. The minimum Gasteiger partial charge on any atom is -0.274 e. The molecule has 138 valence electrons. The van der Waals surface area contributed by atoms with E-state index in [0.29, 0.717) is 24.1 Å². The number of para-hydroxylation sites is 1. The van der Waals surface area contributed by atoms with E-state index < -0.39 is 0 Å². The topological polar surface area (TPSA) is 67.6 Å². The van der Waals surface area contributed by atoms with Crippen LogP contribution in [-0.2, 0) is 0 Å². The fourth-order valence-corrected chi connectivity index (χ4v) is 4.41. The summed E-state index contributed by atoms with van der Waals surface area (Å²) in [6.45, 7) is 0.400. The molecule has 0 unspecified atom stereocenters. The first kappa shape index (κ1) is 16.9. The lowest BCUT2D eigenvalue weighted by atomic mass is 10.1. The third kappa shape index (κ3) is 2.66. The van der Waals surface area contributed by atoms with Crippen LogP contribution in [0.5, 0.6) is 0 Å². The van der Waals surface area contributed by atoms with E-state index in [9.17, 15) is 9.59 Å². The summed E-state index contributed by atoms with van der Waals surface area (Å²) in [6.07, 6.45) is 0.690. The number of carbonyl (C=O) groups excluding carboxylic acids is 2. The third-order valence-electron chi connectivity index (χ3n) is 4.88. The number of fused-ring (bicyclic) bond motifs is 4. The molecule has 0 aliphatic carbocycles. The lowest BCUT2D eigenvalue weighted by molar-refractivity contribution is 0.0655. The number of pyridine rings is 1. The van der Waals surface area contributed by atoms with Gasteiger partial charge in [-0.3, -0.25) is 18.9 Å². The summed E-state index contributed by atoms with van der Waals surface area (Å²) in [7, 11) is 0. The first-order chi connectivity index (χ1) is 13.7. The van der Waals surface area contributed by atoms with Crippen molar-refractivity contribution in [2.24, 2.45) is 0 Å². The van der Waals surface area contributed by atoms with Crippen molar-refractivity contribution < 1.29 is 9.59 Å². The molecule has 0 bridgehead atoms. The first-order valence-corrected chi connectivity index (χ1v) is 10.0. The van der Waals surface area contributed by atoms with Gasteiger partial charge in [-0.2, -0.15) is 0 Å². The molecule has 5 rings (SSSR count). The van der Waals surface area contributed by atoms with Crippen molar-refractivity contribution in [3.05, 3.63) is 71.8 Å². The molecule has 2 aromatic heterocycles. The van der Waals surface area contributed by atoms with Crippen LogP contribution in [0.25, 0.3) is 16.6 Å². The van der Waals surface area contributed by atoms with Crippen LogP contribution >= 0.6 is 11.8 Å². The van der Waals surface area contributed by atoms with Gasteiger partial charge in [-0.15, -0.1) is 10.2 Å². The molecule has 6 nitrogen and oxygen atoms in total. The third-order valence-corrected chi connectivity index (χ3v) is 5.90. The van der Waals surface area contributed by atoms with E-state index >= 15 is 0 Å². The van der Waals surface area contributed by atoms with Gasteiger partial charge >= 0.3 is 0 Å². The van der Waals surface area contributed by atoms with E-state index in [2.05, 4.69) is 22.3 Å². The molecule has 0 spiro atoms. The smallest absolute Gasteiger partial charge is 0.261 e. The van der Waals surface area contributed by atoms with Crippen LogP contribution in [0.2, 0.25) is 0 Å². The van der Waals surface area contributed by atoms with Crippen LogP contribution < -0.4 is 0 Å². The van der Waals surface area contributed by atoms with Crippen molar-refractivity contribution >= 4 is 40.1 Å². The van der Waals surface area contributed by atoms with Gasteiger partial charge in [0, 0.05) is 12.3 Å². The van der Waals surface area contributed by atoms with Crippen molar-refractivity contribution in [1.82, 2.24) is 19.5 Å². The van der Waals surface area contributed by atoms with Crippen LogP contribution in [0.1, 0.15) is 27.1 Å². The maximum absolute atomic E-state index is 12.4. The number of imide groups is 1. The second kappa shape index (κ2) is 6.76. The fourth-order valence-electron chi connectivity index (χ4n) is 3.53. The van der Waals surface area contributed by atoms with Crippen LogP contribution in [0, 0.1) is 0 Å². The molecule has 7 heteroatoms. The van der Waals surface area contributed by atoms with Crippen molar-refractivity contribution in [3.8, 4) is 0 Å². The van der Waals surface area contributed by atoms with E-state index in [1.807, 2.05) is 28.7 Å². The Hall–Kier alpha value is -3.19. The molecular formula is C21H16N4O2S. The van der Waals surface area contributed by atoms with Gasteiger partial charge in [0.2, 0.25) is 0 Å². The molecule has 2 aromatic carbocycles. The zero-order chi connectivity index (χ0) is 19.1. The highest BCUT2D eigenvalue weighted by Gasteiger charge is 2.34. The predicted octanol–water partition coefficient (Wildman–Crippen LogP) is 3.66. The van der Waals surface area contributed by atoms with Gasteiger partial charge in [-0.25, -0.2) is 0 Å². The summed E-state index contributed by atoms with van der Waals surface area (Å²) in [5, 5.41) is 10.5. The Balaban J connectivity index is 1.29. The van der Waals surface area contributed by atoms with Crippen molar-refractivity contribution in [3.63, 3.8) is 0 Å². The van der Waals surface area contributed by atoms with Crippen molar-refractivity contribution in [1.29, 1.82) is 0 Å². The second-order valence-corrected chi connectivity index (χ2v) is 7.64. The molecule has 3 heterocycles. The number of aromatic nitrogens is 3. The normalized spacial score (nSPS) is 13.6. The van der Waals surface area contributed by atoms with Crippen LogP contribution in [-0.4, -0.2) is 43.6 Å². The minimum atomic E-state index is -0.204. The van der Waals surface area contributed by atoms with E-state index in [4.69, 9.17) is 0 Å². The molecule has 0 saturated carbocycles. The highest BCUT2D eigenvalue weighted by Crippen LogP contribution is 2.25. The number of hydrogen-bond donors (Lipinski definition) is 0. The lowest BCUT2D eigenvalue weighted by Gasteiger charge is -2.13. The van der Waals surface area contributed by atoms with E-state index in [-0.39, 0.29) is 11.8 Å². The minimum absolute atomic E-state index is 0.204. The zero-order valence-electron chi connectivity index (χ0n) is 14.9. The molecule has 2 amide bonds. The number of carbonyl (C=O) groups is 2. The molecule has 28 heavy (non-hydrogen) atoms. The largest absolute Gasteiger partial charge is 0.274 e. The average Bonchev–Trinajstić information content (AvgIpc) is 3.26. The maximum atomic E-state index is 12.4. The van der Waals surface area contributed by atoms with Gasteiger partial charge in [0.15, 0.2) is 10.8 Å². The number of hydrogen-bond acceptors (Lipinski definition) is 5. The molecule has 0 radical (unpaired) electrons. The molecule has 0 N–H and O–H groups in total. The predicted molar refractivity (Wildman–Crippen MR) is 108 cm³/mol. The summed E-state index contributed by atoms with van der Waals surface area (Å²) in [5.74, 6) is 0.325. The SMILES string of the molecule is O=C1c2ccccc2C(=O)N1CCCSc1nnc2ccc3ccccc3n12. The van der Waals surface area contributed by atoms with Gasteiger partial charge in [-0.05, 0) is 42.1 Å². The Kier molecular flexibility index (Phi) is 4.09. The molecule has 4 aromatic rings. The summed E-state index contributed by atoms with van der Waals surface area (Å²) in [5.41, 5.74) is 2.86. The quantitative estimate of drug-likeness (QED) is 0.296. The van der Waals surface area contributed by atoms with Gasteiger partial charge in [0.1, 0.15) is 0 Å². The van der Waals surface area contributed by atoms with Crippen LogP contribution in [0.4, 0.5) is 0 Å². The molecule has 1 aliphatic heterocycles. The molecule has 0 atom stereocenters. The summed E-state index contributed by atoms with van der Waals surface area (Å²) >= 11 is 1.58. The number of amides is 2. The van der Waals surface area contributed by atoms with E-state index in [0.717, 1.165) is 27.5 Å².